The van der Waals surface area contributed by atoms with Crippen LogP contribution < -0.4 is 0 Å². The van der Waals surface area contributed by atoms with Crippen LogP contribution in [0.2, 0.25) is 0 Å². The fourth-order valence-corrected chi connectivity index (χ4v) is 4.09. The lowest BCUT2D eigenvalue weighted by molar-refractivity contribution is -0.137. The highest BCUT2D eigenvalue weighted by atomic mass is 79.9. The summed E-state index contributed by atoms with van der Waals surface area (Å²) in [6.07, 6.45) is 7.24. The van der Waals surface area contributed by atoms with Crippen LogP contribution in [0.3, 0.4) is 0 Å². The van der Waals surface area contributed by atoms with Gasteiger partial charge in [-0.3, -0.25) is 4.79 Å². The predicted molar refractivity (Wildman–Crippen MR) is 69.7 cm³/mol. The first-order valence-corrected chi connectivity index (χ1v) is 7.72. The van der Waals surface area contributed by atoms with Crippen LogP contribution in [0.5, 0.6) is 0 Å². The molecule has 0 aromatic rings. The first-order valence-electron chi connectivity index (χ1n) is 6.60. The molecule has 1 heterocycles. The van der Waals surface area contributed by atoms with Crippen LogP contribution >= 0.6 is 15.9 Å². The minimum Gasteiger partial charge on any atom is -0.338 e. The van der Waals surface area contributed by atoms with E-state index in [0.717, 1.165) is 24.7 Å². The summed E-state index contributed by atoms with van der Waals surface area (Å²) in [5.41, 5.74) is 0. The van der Waals surface area contributed by atoms with Gasteiger partial charge in [0.05, 0.1) is 0 Å². The number of amides is 1. The second-order valence-electron chi connectivity index (χ2n) is 5.35. The van der Waals surface area contributed by atoms with E-state index in [1.807, 2.05) is 0 Å². The zero-order valence-electron chi connectivity index (χ0n) is 10.1. The molecular weight excluding hydrogens is 266 g/mol. The molecule has 2 unspecified atom stereocenters. The summed E-state index contributed by atoms with van der Waals surface area (Å²) in [7, 11) is 0. The lowest BCUT2D eigenvalue weighted by Gasteiger charge is -2.31. The molecule has 1 aliphatic heterocycles. The maximum atomic E-state index is 12.4. The molecule has 1 saturated heterocycles. The highest BCUT2D eigenvalue weighted by molar-refractivity contribution is 9.09. The maximum Gasteiger partial charge on any atom is 0.225 e. The molecule has 1 saturated carbocycles. The number of likely N-dealkylation sites (tertiary alicyclic amines) is 1. The van der Waals surface area contributed by atoms with E-state index in [1.165, 1.54) is 25.7 Å². The van der Waals surface area contributed by atoms with Crippen LogP contribution in [-0.2, 0) is 4.79 Å². The van der Waals surface area contributed by atoms with Gasteiger partial charge >= 0.3 is 0 Å². The van der Waals surface area contributed by atoms with Crippen LogP contribution in [0.25, 0.3) is 0 Å². The molecular formula is C13H22BrNO. The number of rotatable bonds is 2. The molecule has 16 heavy (non-hydrogen) atoms. The van der Waals surface area contributed by atoms with E-state index in [1.54, 1.807) is 0 Å². The fraction of sp³-hybridized carbons (Fsp3) is 0.923. The van der Waals surface area contributed by atoms with Gasteiger partial charge in [0.1, 0.15) is 0 Å². The van der Waals surface area contributed by atoms with Gasteiger partial charge in [-0.25, -0.2) is 0 Å². The summed E-state index contributed by atoms with van der Waals surface area (Å²) in [5, 5.41) is 0.937. The Morgan fingerprint density at radius 1 is 1.25 bits per heavy atom. The Morgan fingerprint density at radius 3 is 2.56 bits per heavy atom. The zero-order chi connectivity index (χ0) is 11.5. The van der Waals surface area contributed by atoms with Gasteiger partial charge in [0, 0.05) is 23.8 Å². The molecule has 2 aliphatic rings. The van der Waals surface area contributed by atoms with E-state index >= 15 is 0 Å². The van der Waals surface area contributed by atoms with Crippen molar-refractivity contribution in [3.8, 4) is 0 Å². The molecule has 1 aliphatic carbocycles. The van der Waals surface area contributed by atoms with Gasteiger partial charge in [-0.2, -0.15) is 0 Å². The van der Waals surface area contributed by atoms with Crippen LogP contribution in [-0.4, -0.2) is 28.7 Å². The zero-order valence-corrected chi connectivity index (χ0v) is 11.7. The van der Waals surface area contributed by atoms with Gasteiger partial charge in [0.2, 0.25) is 5.91 Å². The third-order valence-electron chi connectivity index (χ3n) is 4.28. The van der Waals surface area contributed by atoms with E-state index < -0.39 is 0 Å². The number of nitrogens with zero attached hydrogens (tertiary/aromatic N) is 1. The van der Waals surface area contributed by atoms with Gasteiger partial charge in [0.25, 0.3) is 0 Å². The molecule has 0 bridgehead atoms. The highest BCUT2D eigenvalue weighted by Crippen LogP contribution is 2.31. The lowest BCUT2D eigenvalue weighted by Crippen LogP contribution is -2.42. The number of alkyl halides is 1. The molecule has 2 atom stereocenters. The SMILES string of the molecule is CC1CCN(C(=O)C2CCCCC2)C1CBr. The van der Waals surface area contributed by atoms with Crippen molar-refractivity contribution in [2.24, 2.45) is 11.8 Å². The minimum absolute atomic E-state index is 0.334. The monoisotopic (exact) mass is 287 g/mol. The Kier molecular flexibility index (Phi) is 4.28. The van der Waals surface area contributed by atoms with Crippen LogP contribution in [0.4, 0.5) is 0 Å². The Hall–Kier alpha value is -0.0500. The summed E-state index contributed by atoms with van der Waals surface area (Å²) >= 11 is 3.56. The second-order valence-corrected chi connectivity index (χ2v) is 6.00. The molecule has 2 fully saturated rings. The van der Waals surface area contributed by atoms with Crippen LogP contribution in [0, 0.1) is 11.8 Å². The molecule has 92 valence electrons. The number of carbonyl (C=O) groups is 1. The smallest absolute Gasteiger partial charge is 0.225 e. The molecule has 0 spiro atoms. The molecule has 0 N–H and O–H groups in total. The van der Waals surface area contributed by atoms with Gasteiger partial charge in [-0.05, 0) is 25.2 Å². The van der Waals surface area contributed by atoms with E-state index in [4.69, 9.17) is 0 Å². The maximum absolute atomic E-state index is 12.4. The summed E-state index contributed by atoms with van der Waals surface area (Å²) in [6.45, 7) is 3.24. The fourth-order valence-electron chi connectivity index (χ4n) is 3.10. The number of hydrogen-bond donors (Lipinski definition) is 0. The largest absolute Gasteiger partial charge is 0.338 e. The molecule has 0 aromatic heterocycles. The van der Waals surface area contributed by atoms with Gasteiger partial charge in [0.15, 0.2) is 0 Å². The summed E-state index contributed by atoms with van der Waals surface area (Å²) in [4.78, 5) is 14.6. The molecule has 0 radical (unpaired) electrons. The van der Waals surface area contributed by atoms with Gasteiger partial charge in [-0.1, -0.05) is 42.1 Å². The summed E-state index contributed by atoms with van der Waals surface area (Å²) in [5.74, 6) is 1.43. The number of halogens is 1. The number of carbonyl (C=O) groups excluding carboxylic acids is 1. The first-order chi connectivity index (χ1) is 7.74. The Bertz CT molecular complexity index is 250. The van der Waals surface area contributed by atoms with Crippen molar-refractivity contribution in [2.75, 3.05) is 11.9 Å². The third-order valence-corrected chi connectivity index (χ3v) is 4.94. The van der Waals surface area contributed by atoms with Crippen molar-refractivity contribution in [2.45, 2.75) is 51.5 Å². The molecule has 0 aromatic carbocycles. The highest BCUT2D eigenvalue weighted by Gasteiger charge is 2.36. The predicted octanol–water partition coefficient (Wildman–Crippen LogP) is 3.20. The molecule has 2 rings (SSSR count). The van der Waals surface area contributed by atoms with Crippen molar-refractivity contribution < 1.29 is 4.79 Å². The summed E-state index contributed by atoms with van der Waals surface area (Å²) < 4.78 is 0. The van der Waals surface area contributed by atoms with Crippen LogP contribution in [0.1, 0.15) is 45.4 Å². The standard InChI is InChI=1S/C13H22BrNO/c1-10-7-8-15(12(10)9-14)13(16)11-5-3-2-4-6-11/h10-12H,2-9H2,1H3. The Labute approximate surface area is 107 Å². The van der Waals surface area contributed by atoms with E-state index in [9.17, 15) is 4.79 Å². The topological polar surface area (TPSA) is 20.3 Å². The summed E-state index contributed by atoms with van der Waals surface area (Å²) in [6, 6.07) is 0.439. The second kappa shape index (κ2) is 5.52. The third kappa shape index (κ3) is 2.44. The van der Waals surface area contributed by atoms with Crippen molar-refractivity contribution in [1.29, 1.82) is 0 Å². The van der Waals surface area contributed by atoms with Crippen molar-refractivity contribution in [3.63, 3.8) is 0 Å². The van der Waals surface area contributed by atoms with Gasteiger partial charge < -0.3 is 4.90 Å². The van der Waals surface area contributed by atoms with E-state index in [2.05, 4.69) is 27.8 Å². The lowest BCUT2D eigenvalue weighted by atomic mass is 9.88. The van der Waals surface area contributed by atoms with Crippen molar-refractivity contribution in [3.05, 3.63) is 0 Å². The molecule has 3 heteroatoms. The normalized spacial score (nSPS) is 32.0. The Balaban J connectivity index is 1.97. The molecule has 1 amide bonds. The first kappa shape index (κ1) is 12.4. The number of hydrogen-bond acceptors (Lipinski definition) is 1. The molecule has 2 nitrogen and oxygen atoms in total. The average Bonchev–Trinajstić information content (AvgIpc) is 2.70. The quantitative estimate of drug-likeness (QED) is 0.715. The van der Waals surface area contributed by atoms with Crippen LogP contribution in [0.15, 0.2) is 0 Å². The minimum atomic E-state index is 0.334. The van der Waals surface area contributed by atoms with Crippen molar-refractivity contribution in [1.82, 2.24) is 4.90 Å². The van der Waals surface area contributed by atoms with Gasteiger partial charge in [-0.15, -0.1) is 0 Å². The van der Waals surface area contributed by atoms with E-state index in [-0.39, 0.29) is 0 Å². The van der Waals surface area contributed by atoms with Crippen molar-refractivity contribution >= 4 is 21.8 Å². The average molecular weight is 288 g/mol. The van der Waals surface area contributed by atoms with E-state index in [0.29, 0.717) is 23.8 Å². The Morgan fingerprint density at radius 2 is 1.94 bits per heavy atom.